The van der Waals surface area contributed by atoms with Gasteiger partial charge >= 0.3 is 5.97 Å². The van der Waals surface area contributed by atoms with Crippen LogP contribution in [0.4, 0.5) is 0 Å². The first-order valence-electron chi connectivity index (χ1n) is 10.8. The zero-order valence-corrected chi connectivity index (χ0v) is 20.7. The van der Waals surface area contributed by atoms with Gasteiger partial charge in [-0.25, -0.2) is 4.79 Å². The van der Waals surface area contributed by atoms with Crippen molar-refractivity contribution in [3.8, 4) is 28.7 Å². The maximum atomic E-state index is 12.8. The monoisotopic (exact) mass is 479 g/mol. The van der Waals surface area contributed by atoms with Crippen LogP contribution in [0.15, 0.2) is 48.5 Å². The van der Waals surface area contributed by atoms with Crippen LogP contribution in [-0.4, -0.2) is 51.4 Å². The summed E-state index contributed by atoms with van der Waals surface area (Å²) in [6, 6.07) is 12.7. The van der Waals surface area contributed by atoms with Gasteiger partial charge in [-0.1, -0.05) is 0 Å². The van der Waals surface area contributed by atoms with Gasteiger partial charge in [0.15, 0.2) is 18.1 Å². The lowest BCUT2D eigenvalue weighted by molar-refractivity contribution is -0.136. The largest absolute Gasteiger partial charge is 0.497 e. The van der Waals surface area contributed by atoms with Gasteiger partial charge in [-0.2, -0.15) is 0 Å². The van der Waals surface area contributed by atoms with E-state index in [4.69, 9.17) is 23.7 Å². The molecule has 0 unspecified atom stereocenters. The number of carbonyl (C=O) groups is 2. The molecule has 1 heterocycles. The van der Waals surface area contributed by atoms with Gasteiger partial charge in [0.25, 0.3) is 0 Å². The second-order valence-electron chi connectivity index (χ2n) is 7.64. The number of ether oxygens (including phenoxy) is 5. The zero-order chi connectivity index (χ0) is 25.5. The van der Waals surface area contributed by atoms with Gasteiger partial charge in [0.2, 0.25) is 11.5 Å². The molecule has 0 N–H and O–H groups in total. The summed E-state index contributed by atoms with van der Waals surface area (Å²) in [7, 11) is 6.14. The van der Waals surface area contributed by atoms with Crippen molar-refractivity contribution in [1.82, 2.24) is 4.57 Å². The number of ketones is 1. The van der Waals surface area contributed by atoms with Crippen LogP contribution in [0.5, 0.6) is 23.0 Å². The molecule has 8 nitrogen and oxygen atoms in total. The van der Waals surface area contributed by atoms with Crippen LogP contribution in [-0.2, 0) is 9.53 Å². The highest BCUT2D eigenvalue weighted by Crippen LogP contribution is 2.38. The Hall–Kier alpha value is -4.20. The predicted octanol–water partition coefficient (Wildman–Crippen LogP) is 4.57. The van der Waals surface area contributed by atoms with E-state index < -0.39 is 5.97 Å². The summed E-state index contributed by atoms with van der Waals surface area (Å²) in [6.45, 7) is 3.40. The Morgan fingerprint density at radius 1 is 0.857 bits per heavy atom. The molecular weight excluding hydrogens is 450 g/mol. The lowest BCUT2D eigenvalue weighted by atomic mass is 10.1. The number of aromatic nitrogens is 1. The van der Waals surface area contributed by atoms with Crippen molar-refractivity contribution in [3.05, 3.63) is 71.1 Å². The van der Waals surface area contributed by atoms with Gasteiger partial charge in [0, 0.05) is 28.7 Å². The summed E-state index contributed by atoms with van der Waals surface area (Å²) in [5, 5.41) is 0. The minimum Gasteiger partial charge on any atom is -0.497 e. The smallest absolute Gasteiger partial charge is 0.331 e. The van der Waals surface area contributed by atoms with Gasteiger partial charge in [0.05, 0.1) is 28.4 Å². The molecule has 0 fully saturated rings. The first kappa shape index (κ1) is 25.4. The molecule has 0 aliphatic carbocycles. The maximum Gasteiger partial charge on any atom is 0.331 e. The fourth-order valence-corrected chi connectivity index (χ4v) is 3.80. The van der Waals surface area contributed by atoms with Crippen LogP contribution in [0.1, 0.15) is 27.3 Å². The van der Waals surface area contributed by atoms with Gasteiger partial charge in [0.1, 0.15) is 5.75 Å². The minimum absolute atomic E-state index is 0.285. The number of methoxy groups -OCH3 is 4. The summed E-state index contributed by atoms with van der Waals surface area (Å²) in [6.07, 6.45) is 2.79. The summed E-state index contributed by atoms with van der Waals surface area (Å²) >= 11 is 0. The molecule has 1 aromatic heterocycles. The van der Waals surface area contributed by atoms with Crippen molar-refractivity contribution in [2.24, 2.45) is 0 Å². The highest BCUT2D eigenvalue weighted by atomic mass is 16.5. The van der Waals surface area contributed by atoms with E-state index >= 15 is 0 Å². The molecule has 0 aliphatic rings. The van der Waals surface area contributed by atoms with Crippen molar-refractivity contribution in [1.29, 1.82) is 0 Å². The minimum atomic E-state index is -0.643. The molecular formula is C27H29NO7. The molecule has 0 amide bonds. The van der Waals surface area contributed by atoms with Crippen LogP contribution >= 0.6 is 0 Å². The third-order valence-corrected chi connectivity index (χ3v) is 5.51. The number of hydrogen-bond acceptors (Lipinski definition) is 7. The molecule has 0 bridgehead atoms. The summed E-state index contributed by atoms with van der Waals surface area (Å²) in [5.41, 5.74) is 3.71. The number of Topliss-reactive ketones (excluding diaryl/α,β-unsaturated/α-hetero) is 1. The number of rotatable bonds is 10. The first-order chi connectivity index (χ1) is 16.8. The van der Waals surface area contributed by atoms with E-state index in [0.717, 1.165) is 22.8 Å². The fraction of sp³-hybridized carbons (Fsp3) is 0.259. The zero-order valence-electron chi connectivity index (χ0n) is 20.7. The molecule has 0 radical (unpaired) electrons. The van der Waals surface area contributed by atoms with Crippen LogP contribution in [0.3, 0.4) is 0 Å². The second kappa shape index (κ2) is 11.3. The van der Waals surface area contributed by atoms with Crippen LogP contribution in [0.25, 0.3) is 11.8 Å². The van der Waals surface area contributed by atoms with E-state index in [1.807, 2.05) is 42.7 Å². The normalized spacial score (nSPS) is 10.8. The van der Waals surface area contributed by atoms with Gasteiger partial charge in [-0.05, 0) is 68.0 Å². The Labute approximate surface area is 204 Å². The summed E-state index contributed by atoms with van der Waals surface area (Å²) in [5.74, 6) is 1.19. The van der Waals surface area contributed by atoms with Gasteiger partial charge in [-0.3, -0.25) is 4.79 Å². The van der Waals surface area contributed by atoms with Crippen molar-refractivity contribution in [3.63, 3.8) is 0 Å². The maximum absolute atomic E-state index is 12.8. The van der Waals surface area contributed by atoms with E-state index in [0.29, 0.717) is 28.4 Å². The molecule has 0 atom stereocenters. The summed E-state index contributed by atoms with van der Waals surface area (Å²) in [4.78, 5) is 25.1. The molecule has 3 rings (SSSR count). The molecule has 35 heavy (non-hydrogen) atoms. The van der Waals surface area contributed by atoms with Crippen molar-refractivity contribution < 1.29 is 33.3 Å². The first-order valence-corrected chi connectivity index (χ1v) is 10.8. The number of carbonyl (C=O) groups excluding carboxylic acids is 2. The van der Waals surface area contributed by atoms with Crippen LogP contribution in [0, 0.1) is 13.8 Å². The van der Waals surface area contributed by atoms with Crippen molar-refractivity contribution in [2.45, 2.75) is 13.8 Å². The van der Waals surface area contributed by atoms with Gasteiger partial charge < -0.3 is 28.3 Å². The topological polar surface area (TPSA) is 85.2 Å². The third kappa shape index (κ3) is 5.66. The Bertz CT molecular complexity index is 1210. The molecule has 8 heteroatoms. The number of hydrogen-bond donors (Lipinski definition) is 0. The Morgan fingerprint density at radius 3 is 2.03 bits per heavy atom. The molecule has 0 saturated heterocycles. The highest BCUT2D eigenvalue weighted by Gasteiger charge is 2.18. The number of aryl methyl sites for hydroxylation is 1. The average molecular weight is 480 g/mol. The molecule has 0 spiro atoms. The number of nitrogens with zero attached hydrogens (tertiary/aromatic N) is 1. The van der Waals surface area contributed by atoms with Crippen LogP contribution < -0.4 is 18.9 Å². The van der Waals surface area contributed by atoms with E-state index in [2.05, 4.69) is 0 Å². The van der Waals surface area contributed by atoms with E-state index in [-0.39, 0.29) is 12.4 Å². The molecule has 0 saturated carbocycles. The summed E-state index contributed by atoms with van der Waals surface area (Å²) < 4.78 is 28.3. The highest BCUT2D eigenvalue weighted by molar-refractivity contribution is 6.00. The average Bonchev–Trinajstić information content (AvgIpc) is 3.18. The predicted molar refractivity (Wildman–Crippen MR) is 132 cm³/mol. The van der Waals surface area contributed by atoms with Gasteiger partial charge in [-0.15, -0.1) is 0 Å². The lowest BCUT2D eigenvalue weighted by Gasteiger charge is -2.12. The molecule has 2 aromatic carbocycles. The van der Waals surface area contributed by atoms with Crippen molar-refractivity contribution in [2.75, 3.05) is 35.0 Å². The van der Waals surface area contributed by atoms with E-state index in [1.54, 1.807) is 31.4 Å². The molecule has 3 aromatic rings. The molecule has 184 valence electrons. The van der Waals surface area contributed by atoms with E-state index in [1.165, 1.54) is 27.4 Å². The fourth-order valence-electron chi connectivity index (χ4n) is 3.80. The second-order valence-corrected chi connectivity index (χ2v) is 7.64. The Balaban J connectivity index is 1.69. The quantitative estimate of drug-likeness (QED) is 0.239. The Morgan fingerprint density at radius 2 is 1.49 bits per heavy atom. The van der Waals surface area contributed by atoms with Crippen LogP contribution in [0.2, 0.25) is 0 Å². The number of esters is 1. The third-order valence-electron chi connectivity index (χ3n) is 5.51. The van der Waals surface area contributed by atoms with Crippen molar-refractivity contribution >= 4 is 17.8 Å². The SMILES string of the molecule is COc1ccc(-n2c(C)cc(C(=O)COC(=O)C=Cc3cc(OC)c(OC)c(OC)c3)c2C)cc1. The lowest BCUT2D eigenvalue weighted by Crippen LogP contribution is -2.13. The molecule has 0 aliphatic heterocycles. The Kier molecular flexibility index (Phi) is 8.20. The number of benzene rings is 2. The van der Waals surface area contributed by atoms with E-state index in [9.17, 15) is 9.59 Å². The standard InChI is InChI=1S/C27H29NO7/c1-17-13-22(18(2)28(17)20-8-10-21(31-3)11-9-20)23(29)16-35-26(30)12-7-19-14-24(32-4)27(34-6)25(15-19)33-5/h7-15H,16H2,1-6H3.